The molecule has 35 heavy (non-hydrogen) atoms. The number of carbonyl (C=O) groups is 4. The van der Waals surface area contributed by atoms with Crippen molar-refractivity contribution >= 4 is 49.6 Å². The van der Waals surface area contributed by atoms with Gasteiger partial charge in [-0.3, -0.25) is 0 Å². The van der Waals surface area contributed by atoms with Crippen molar-refractivity contribution < 1.29 is 28.7 Å². The third-order valence-electron chi connectivity index (χ3n) is 4.66. The quantitative estimate of drug-likeness (QED) is 0.114. The number of methoxy groups -OCH3 is 1. The third-order valence-corrected chi connectivity index (χ3v) is 7.17. The van der Waals surface area contributed by atoms with Gasteiger partial charge in [0.05, 0.1) is 0 Å². The first-order valence-corrected chi connectivity index (χ1v) is 15.0. The molecule has 0 aromatic carbocycles. The van der Waals surface area contributed by atoms with Crippen molar-refractivity contribution in [2.24, 2.45) is 11.7 Å². The topological polar surface area (TPSA) is 149 Å². The van der Waals surface area contributed by atoms with E-state index in [1.807, 2.05) is 20.1 Å². The van der Waals surface area contributed by atoms with Crippen molar-refractivity contribution in [3.63, 3.8) is 0 Å². The zero-order valence-corrected chi connectivity index (χ0v) is 24.6. The van der Waals surface area contributed by atoms with Crippen LogP contribution in [-0.2, 0) is 23.9 Å². The molecule has 0 spiro atoms. The molecule has 5 N–H and O–H groups in total. The summed E-state index contributed by atoms with van der Waals surface area (Å²) in [6.45, 7) is 9.65. The Morgan fingerprint density at radius 1 is 1.00 bits per heavy atom. The molecule has 0 saturated carbocycles. The number of thioether (sulfide) groups is 1. The number of nitrogens with one attached hydrogen (secondary N) is 3. The summed E-state index contributed by atoms with van der Waals surface area (Å²) in [5.41, 5.74) is 4.88. The maximum absolute atomic E-state index is 13.0. The number of ether oxygens (including phenoxy) is 2. The number of unbranched alkanes of at least 4 members (excludes halogenated alkanes) is 1. The molecule has 0 heterocycles. The molecule has 10 nitrogen and oxygen atoms in total. The number of carbonyl (C=O) groups excluding carboxylic acids is 4. The summed E-state index contributed by atoms with van der Waals surface area (Å²) in [7, 11) is 1.29. The normalized spacial score (nSPS) is 14.1. The van der Waals surface area contributed by atoms with Gasteiger partial charge in [0.1, 0.15) is 0 Å². The van der Waals surface area contributed by atoms with E-state index >= 15 is 0 Å². The van der Waals surface area contributed by atoms with Crippen LogP contribution in [0, 0.1) is 5.92 Å². The van der Waals surface area contributed by atoms with Gasteiger partial charge in [-0.2, -0.15) is 0 Å². The Labute approximate surface area is 220 Å². The summed E-state index contributed by atoms with van der Waals surface area (Å²) in [5, 5.41) is 5.43. The Balaban J connectivity index is 5.30. The molecular formula is C23H44N4O6SSe. The van der Waals surface area contributed by atoms with Crippen LogP contribution >= 0.6 is 11.8 Å². The molecule has 0 fully saturated rings. The predicted octanol–water partition coefficient (Wildman–Crippen LogP) is 1.57. The van der Waals surface area contributed by atoms with Crippen LogP contribution in [0.1, 0.15) is 66.7 Å². The Morgan fingerprint density at radius 2 is 1.66 bits per heavy atom. The van der Waals surface area contributed by atoms with Gasteiger partial charge in [0.25, 0.3) is 0 Å². The number of alkyl carbamates (subject to hydrolysis) is 1. The molecule has 0 aliphatic rings. The molecule has 0 saturated heterocycles. The molecule has 0 rings (SSSR count). The molecule has 0 aliphatic heterocycles. The van der Waals surface area contributed by atoms with E-state index in [1.165, 1.54) is 7.11 Å². The second kappa shape index (κ2) is 18.0. The average molecular weight is 584 g/mol. The van der Waals surface area contributed by atoms with E-state index in [0.29, 0.717) is 38.0 Å². The van der Waals surface area contributed by atoms with Crippen molar-refractivity contribution in [1.82, 2.24) is 15.0 Å². The van der Waals surface area contributed by atoms with E-state index in [-0.39, 0.29) is 16.5 Å². The number of amides is 2. The molecule has 0 unspecified atom stereocenters. The van der Waals surface area contributed by atoms with E-state index in [0.717, 1.165) is 6.42 Å². The number of rotatable bonds is 17. The first-order chi connectivity index (χ1) is 16.3. The molecule has 0 bridgehead atoms. The van der Waals surface area contributed by atoms with E-state index in [9.17, 15) is 19.2 Å². The Hall–Kier alpha value is -1.33. The summed E-state index contributed by atoms with van der Waals surface area (Å²) in [4.78, 5) is 50.4. The Kier molecular flexibility index (Phi) is 17.3. The molecule has 2 amide bonds. The number of hydrogen-bond acceptors (Lipinski definition) is 9. The molecule has 0 radical (unpaired) electrons. The summed E-state index contributed by atoms with van der Waals surface area (Å²) in [6, 6.07) is -2.15. The van der Waals surface area contributed by atoms with Gasteiger partial charge in [-0.15, -0.1) is 0 Å². The molecule has 0 aliphatic carbocycles. The molecular weight excluding hydrogens is 539 g/mol. The van der Waals surface area contributed by atoms with Crippen molar-refractivity contribution in [2.45, 2.75) is 90.4 Å². The Morgan fingerprint density at radius 3 is 2.17 bits per heavy atom. The first-order valence-electron chi connectivity index (χ1n) is 11.9. The molecule has 3 atom stereocenters. The summed E-state index contributed by atoms with van der Waals surface area (Å²) in [5.74, 6) is 0.0118. The van der Waals surface area contributed by atoms with Gasteiger partial charge in [0, 0.05) is 0 Å². The standard InChI is InChI=1S/C23H44N4O6SSe/c1-15(2)14-18(20(29)32-6)25-19(28)16(11-13-34-7)27-35-21(30)17(10-8-9-12-24)26-22(31)33-23(3,4)5/h15-18,27H,8-14,24H2,1-7H3,(H,25,28)(H,26,31)/t16-,17-,18-/m0/s1. The van der Waals surface area contributed by atoms with E-state index < -0.39 is 51.0 Å². The second-order valence-corrected chi connectivity index (χ2v) is 12.3. The molecule has 0 aromatic rings. The fourth-order valence-electron chi connectivity index (χ4n) is 2.97. The van der Waals surface area contributed by atoms with Gasteiger partial charge in [0.2, 0.25) is 0 Å². The molecule has 204 valence electrons. The van der Waals surface area contributed by atoms with Gasteiger partial charge in [0.15, 0.2) is 0 Å². The van der Waals surface area contributed by atoms with Gasteiger partial charge in [-0.05, 0) is 0 Å². The number of nitrogens with two attached hydrogens (primary N) is 1. The first kappa shape index (κ1) is 33.7. The minimum absolute atomic E-state index is 0.177. The third kappa shape index (κ3) is 16.1. The van der Waals surface area contributed by atoms with Crippen molar-refractivity contribution in [3.8, 4) is 0 Å². The van der Waals surface area contributed by atoms with Crippen molar-refractivity contribution in [1.29, 1.82) is 0 Å². The SMILES string of the molecule is COC(=O)[C@H](CC(C)C)NC(=O)[C@H](CCSC)N[Se]C(=O)[C@H](CCCCN)NC(=O)OC(C)(C)C. The zero-order valence-electron chi connectivity index (χ0n) is 22.1. The van der Waals surface area contributed by atoms with Crippen molar-refractivity contribution in [2.75, 3.05) is 25.7 Å². The van der Waals surface area contributed by atoms with Crippen LogP contribution in [-0.4, -0.2) is 87.2 Å². The Bertz CT molecular complexity index is 675. The van der Waals surface area contributed by atoms with Gasteiger partial charge >= 0.3 is 221 Å². The van der Waals surface area contributed by atoms with Gasteiger partial charge in [-0.1, -0.05) is 0 Å². The maximum atomic E-state index is 13.0. The van der Waals surface area contributed by atoms with Crippen LogP contribution in [0.4, 0.5) is 4.79 Å². The van der Waals surface area contributed by atoms with Crippen LogP contribution in [0.3, 0.4) is 0 Å². The van der Waals surface area contributed by atoms with Crippen LogP contribution < -0.4 is 20.7 Å². The minimum atomic E-state index is -0.790. The zero-order chi connectivity index (χ0) is 27.0. The van der Waals surface area contributed by atoms with Crippen molar-refractivity contribution in [3.05, 3.63) is 0 Å². The summed E-state index contributed by atoms with van der Waals surface area (Å²) < 4.78 is 13.0. The summed E-state index contributed by atoms with van der Waals surface area (Å²) in [6.07, 6.45) is 4.02. The van der Waals surface area contributed by atoms with E-state index in [1.54, 1.807) is 32.5 Å². The summed E-state index contributed by atoms with van der Waals surface area (Å²) >= 11 is 0.790. The van der Waals surface area contributed by atoms with Crippen LogP contribution in [0.25, 0.3) is 0 Å². The van der Waals surface area contributed by atoms with E-state index in [2.05, 4.69) is 15.0 Å². The fraction of sp³-hybridized carbons (Fsp3) is 0.826. The van der Waals surface area contributed by atoms with E-state index in [4.69, 9.17) is 15.2 Å². The molecule has 12 heteroatoms. The van der Waals surface area contributed by atoms with Gasteiger partial charge < -0.3 is 0 Å². The van der Waals surface area contributed by atoms with Crippen LogP contribution in [0.15, 0.2) is 0 Å². The predicted molar refractivity (Wildman–Crippen MR) is 140 cm³/mol. The number of hydrogen-bond donors (Lipinski definition) is 4. The second-order valence-electron chi connectivity index (χ2n) is 9.57. The average Bonchev–Trinajstić information content (AvgIpc) is 2.75. The molecule has 0 aromatic heterocycles. The monoisotopic (exact) mass is 584 g/mol. The fourth-order valence-corrected chi connectivity index (χ4v) is 5.13. The number of esters is 1. The van der Waals surface area contributed by atoms with Crippen LogP contribution in [0.2, 0.25) is 0 Å². The van der Waals surface area contributed by atoms with Gasteiger partial charge in [-0.25, -0.2) is 0 Å². The van der Waals surface area contributed by atoms with Crippen LogP contribution in [0.5, 0.6) is 0 Å².